The number of hydrogen-bond acceptors (Lipinski definition) is 5. The summed E-state index contributed by atoms with van der Waals surface area (Å²) in [7, 11) is 1.72. The van der Waals surface area contributed by atoms with Crippen molar-refractivity contribution in [1.82, 2.24) is 4.98 Å². The van der Waals surface area contributed by atoms with Crippen molar-refractivity contribution in [3.05, 3.63) is 52.1 Å². The minimum absolute atomic E-state index is 0.0566. The van der Waals surface area contributed by atoms with Crippen LogP contribution in [0, 0.1) is 10.1 Å². The molecule has 1 heterocycles. The van der Waals surface area contributed by atoms with Crippen molar-refractivity contribution in [2.45, 2.75) is 26.2 Å². The highest BCUT2D eigenvalue weighted by Gasteiger charge is 2.17. The first-order valence-electron chi connectivity index (χ1n) is 7.02. The van der Waals surface area contributed by atoms with Gasteiger partial charge in [-0.05, 0) is 29.2 Å². The van der Waals surface area contributed by atoms with Crippen molar-refractivity contribution < 1.29 is 4.92 Å². The van der Waals surface area contributed by atoms with Crippen LogP contribution in [-0.2, 0) is 5.41 Å². The third kappa shape index (κ3) is 3.52. The van der Waals surface area contributed by atoms with E-state index >= 15 is 0 Å². The van der Waals surface area contributed by atoms with Gasteiger partial charge in [-0.1, -0.05) is 32.9 Å². The molecule has 2 aromatic rings. The molecule has 0 aliphatic rings. The van der Waals surface area contributed by atoms with Crippen LogP contribution in [0.1, 0.15) is 26.3 Å². The van der Waals surface area contributed by atoms with E-state index in [-0.39, 0.29) is 16.9 Å². The molecule has 0 aliphatic carbocycles. The minimum Gasteiger partial charge on any atom is -0.373 e. The monoisotopic (exact) mass is 300 g/mol. The second-order valence-electron chi connectivity index (χ2n) is 6.02. The predicted octanol–water partition coefficient (Wildman–Crippen LogP) is 4.07. The lowest BCUT2D eigenvalue weighted by atomic mass is 9.87. The first kappa shape index (κ1) is 15.8. The van der Waals surface area contributed by atoms with E-state index in [1.54, 1.807) is 13.1 Å². The molecular formula is C16H20N4O2. The fraction of sp³-hybridized carbons (Fsp3) is 0.312. The summed E-state index contributed by atoms with van der Waals surface area (Å²) in [6, 6.07) is 10.8. The molecule has 0 spiro atoms. The maximum absolute atomic E-state index is 11.1. The van der Waals surface area contributed by atoms with E-state index in [2.05, 4.69) is 36.4 Å². The Hall–Kier alpha value is -2.63. The van der Waals surface area contributed by atoms with Crippen LogP contribution in [0.2, 0.25) is 0 Å². The Labute approximate surface area is 129 Å². The lowest BCUT2D eigenvalue weighted by Gasteiger charge is -2.19. The third-order valence-corrected chi connectivity index (χ3v) is 3.34. The van der Waals surface area contributed by atoms with Gasteiger partial charge in [-0.25, -0.2) is 4.98 Å². The van der Waals surface area contributed by atoms with Crippen molar-refractivity contribution >= 4 is 23.0 Å². The Kier molecular flexibility index (Phi) is 4.30. The summed E-state index contributed by atoms with van der Waals surface area (Å²) in [5.74, 6) is 0.791. The highest BCUT2D eigenvalue weighted by molar-refractivity contribution is 5.67. The average molecular weight is 300 g/mol. The second-order valence-corrected chi connectivity index (χ2v) is 6.02. The molecule has 2 rings (SSSR count). The van der Waals surface area contributed by atoms with Crippen LogP contribution in [0.4, 0.5) is 23.0 Å². The van der Waals surface area contributed by atoms with Crippen LogP contribution in [0.15, 0.2) is 36.4 Å². The summed E-state index contributed by atoms with van der Waals surface area (Å²) in [5, 5.41) is 17.0. The third-order valence-electron chi connectivity index (χ3n) is 3.34. The Morgan fingerprint density at radius 1 is 1.09 bits per heavy atom. The molecule has 0 aliphatic heterocycles. The molecule has 0 radical (unpaired) electrons. The molecule has 2 N–H and O–H groups in total. The van der Waals surface area contributed by atoms with Gasteiger partial charge in [-0.15, -0.1) is 0 Å². The van der Waals surface area contributed by atoms with Gasteiger partial charge in [-0.2, -0.15) is 0 Å². The summed E-state index contributed by atoms with van der Waals surface area (Å²) < 4.78 is 0. The molecule has 22 heavy (non-hydrogen) atoms. The summed E-state index contributed by atoms with van der Waals surface area (Å²) in [6.07, 6.45) is 0. The number of nitro groups is 1. The number of rotatable bonds is 4. The summed E-state index contributed by atoms with van der Waals surface area (Å²) >= 11 is 0. The van der Waals surface area contributed by atoms with Gasteiger partial charge < -0.3 is 10.6 Å². The predicted molar refractivity (Wildman–Crippen MR) is 88.9 cm³/mol. The number of benzene rings is 1. The molecule has 0 bridgehead atoms. The zero-order valence-corrected chi connectivity index (χ0v) is 13.2. The first-order chi connectivity index (χ1) is 10.3. The van der Waals surface area contributed by atoms with Gasteiger partial charge in [0.25, 0.3) is 0 Å². The number of pyridine rings is 1. The molecule has 0 unspecified atom stereocenters. The number of hydrogen-bond donors (Lipinski definition) is 2. The molecule has 0 amide bonds. The number of nitrogens with one attached hydrogen (secondary N) is 2. The zero-order valence-electron chi connectivity index (χ0n) is 13.2. The molecule has 0 fully saturated rings. The summed E-state index contributed by atoms with van der Waals surface area (Å²) in [6.45, 7) is 6.41. The molecule has 0 atom stereocenters. The Bertz CT molecular complexity index is 676. The quantitative estimate of drug-likeness (QED) is 0.657. The van der Waals surface area contributed by atoms with Crippen LogP contribution in [-0.4, -0.2) is 17.0 Å². The Morgan fingerprint density at radius 2 is 1.73 bits per heavy atom. The van der Waals surface area contributed by atoms with E-state index in [1.165, 1.54) is 11.6 Å². The van der Waals surface area contributed by atoms with Gasteiger partial charge in [0, 0.05) is 18.8 Å². The largest absolute Gasteiger partial charge is 0.373 e. The standard InChI is InChI=1S/C16H20N4O2/c1-16(2,3)11-5-7-12(8-6-11)18-15-13(20(21)22)9-10-14(17-4)19-15/h5-10H,1-4H3,(H2,17,18,19). The fourth-order valence-corrected chi connectivity index (χ4v) is 2.02. The molecular weight excluding hydrogens is 280 g/mol. The topological polar surface area (TPSA) is 80.1 Å². The maximum Gasteiger partial charge on any atom is 0.311 e. The molecule has 6 heteroatoms. The van der Waals surface area contributed by atoms with E-state index in [0.29, 0.717) is 5.82 Å². The molecule has 116 valence electrons. The van der Waals surface area contributed by atoms with Crippen molar-refractivity contribution in [3.8, 4) is 0 Å². The molecule has 1 aromatic heterocycles. The minimum atomic E-state index is -0.446. The zero-order chi connectivity index (χ0) is 16.3. The highest BCUT2D eigenvalue weighted by Crippen LogP contribution is 2.29. The lowest BCUT2D eigenvalue weighted by Crippen LogP contribution is -2.10. The first-order valence-corrected chi connectivity index (χ1v) is 7.02. The van der Waals surface area contributed by atoms with E-state index < -0.39 is 4.92 Å². The van der Waals surface area contributed by atoms with Gasteiger partial charge in [-0.3, -0.25) is 10.1 Å². The van der Waals surface area contributed by atoms with Gasteiger partial charge in [0.1, 0.15) is 5.82 Å². The molecule has 1 aromatic carbocycles. The van der Waals surface area contributed by atoms with Crippen LogP contribution >= 0.6 is 0 Å². The number of nitrogens with zero attached hydrogens (tertiary/aromatic N) is 2. The Morgan fingerprint density at radius 3 is 2.23 bits per heavy atom. The van der Waals surface area contributed by atoms with Gasteiger partial charge >= 0.3 is 5.69 Å². The van der Waals surface area contributed by atoms with Crippen molar-refractivity contribution in [1.29, 1.82) is 0 Å². The number of aromatic nitrogens is 1. The summed E-state index contributed by atoms with van der Waals surface area (Å²) in [4.78, 5) is 14.9. The smallest absolute Gasteiger partial charge is 0.311 e. The van der Waals surface area contributed by atoms with E-state index in [4.69, 9.17) is 0 Å². The van der Waals surface area contributed by atoms with Crippen LogP contribution < -0.4 is 10.6 Å². The van der Waals surface area contributed by atoms with Gasteiger partial charge in [0.05, 0.1) is 4.92 Å². The molecule has 6 nitrogen and oxygen atoms in total. The fourth-order valence-electron chi connectivity index (χ4n) is 2.02. The average Bonchev–Trinajstić information content (AvgIpc) is 2.46. The van der Waals surface area contributed by atoms with Crippen molar-refractivity contribution in [3.63, 3.8) is 0 Å². The van der Waals surface area contributed by atoms with Crippen LogP contribution in [0.5, 0.6) is 0 Å². The van der Waals surface area contributed by atoms with Crippen molar-refractivity contribution in [2.24, 2.45) is 0 Å². The maximum atomic E-state index is 11.1. The SMILES string of the molecule is CNc1ccc([N+](=O)[O-])c(Nc2ccc(C(C)(C)C)cc2)n1. The van der Waals surface area contributed by atoms with Crippen LogP contribution in [0.3, 0.4) is 0 Å². The van der Waals surface area contributed by atoms with Gasteiger partial charge in [0.2, 0.25) is 5.82 Å². The Balaban J connectivity index is 2.32. The number of anilines is 3. The van der Waals surface area contributed by atoms with E-state index in [1.807, 2.05) is 24.3 Å². The van der Waals surface area contributed by atoms with Gasteiger partial charge in [0.15, 0.2) is 0 Å². The lowest BCUT2D eigenvalue weighted by molar-refractivity contribution is -0.384. The van der Waals surface area contributed by atoms with Crippen LogP contribution in [0.25, 0.3) is 0 Å². The normalized spacial score (nSPS) is 11.1. The highest BCUT2D eigenvalue weighted by atomic mass is 16.6. The molecule has 0 saturated carbocycles. The van der Waals surface area contributed by atoms with Crippen molar-refractivity contribution in [2.75, 3.05) is 17.7 Å². The summed E-state index contributed by atoms with van der Waals surface area (Å²) in [5.41, 5.74) is 1.97. The molecule has 0 saturated heterocycles. The van der Waals surface area contributed by atoms with E-state index in [9.17, 15) is 10.1 Å². The van der Waals surface area contributed by atoms with E-state index in [0.717, 1.165) is 5.69 Å². The second kappa shape index (κ2) is 6.01.